The van der Waals surface area contributed by atoms with Crippen molar-refractivity contribution in [2.24, 2.45) is 0 Å². The zero-order valence-corrected chi connectivity index (χ0v) is 12.2. The van der Waals surface area contributed by atoms with Crippen molar-refractivity contribution in [2.75, 3.05) is 0 Å². The molecule has 0 unspecified atom stereocenters. The number of aromatic nitrogens is 2. The van der Waals surface area contributed by atoms with E-state index in [2.05, 4.69) is 30.7 Å². The molecule has 1 N–H and O–H groups in total. The second-order valence-corrected chi connectivity index (χ2v) is 8.01. The Bertz CT molecular complexity index is 446. The summed E-state index contributed by atoms with van der Waals surface area (Å²) in [7, 11) is 0. The monoisotopic (exact) mass is 272 g/mol. The van der Waals surface area contributed by atoms with E-state index < -0.39 is 0 Å². The minimum absolute atomic E-state index is 0.269. The largest absolute Gasteiger partial charge is 0.345 e. The van der Waals surface area contributed by atoms with Gasteiger partial charge in [0.05, 0.1) is 5.75 Å². The molecule has 16 heavy (non-hydrogen) atoms. The molecule has 1 aliphatic heterocycles. The molecule has 1 aromatic heterocycles. The summed E-state index contributed by atoms with van der Waals surface area (Å²) in [6.45, 7) is 6.65. The predicted octanol–water partition coefficient (Wildman–Crippen LogP) is 3.92. The molecule has 0 atom stereocenters. The summed E-state index contributed by atoms with van der Waals surface area (Å²) >= 11 is 9.12. The number of nitrogens with one attached hydrogen (secondary N) is 1. The Kier molecular flexibility index (Phi) is 3.66. The van der Waals surface area contributed by atoms with Gasteiger partial charge in [-0.2, -0.15) is 11.8 Å². The molecule has 0 aliphatic carbocycles. The number of aromatic amines is 1. The SMILES string of the molecule is CC(C)(C)SCc1nc(=S)c2c([nH]1)CSC2. The Labute approximate surface area is 110 Å². The van der Waals surface area contributed by atoms with Gasteiger partial charge >= 0.3 is 0 Å². The number of H-pyrrole nitrogens is 1. The summed E-state index contributed by atoms with van der Waals surface area (Å²) in [6.07, 6.45) is 0. The van der Waals surface area contributed by atoms with E-state index in [1.807, 2.05) is 23.5 Å². The van der Waals surface area contributed by atoms with Crippen LogP contribution >= 0.6 is 35.7 Å². The number of rotatable bonds is 2. The van der Waals surface area contributed by atoms with Crippen LogP contribution in [0.5, 0.6) is 0 Å². The van der Waals surface area contributed by atoms with Gasteiger partial charge in [0.25, 0.3) is 0 Å². The molecule has 0 aromatic carbocycles. The summed E-state index contributed by atoms with van der Waals surface area (Å²) < 4.78 is 1.06. The number of hydrogen-bond donors (Lipinski definition) is 1. The molecule has 88 valence electrons. The molecule has 2 heterocycles. The first-order chi connectivity index (χ1) is 7.46. The van der Waals surface area contributed by atoms with Crippen molar-refractivity contribution in [1.29, 1.82) is 0 Å². The van der Waals surface area contributed by atoms with Crippen molar-refractivity contribution < 1.29 is 0 Å². The van der Waals surface area contributed by atoms with E-state index in [1.54, 1.807) is 0 Å². The van der Waals surface area contributed by atoms with E-state index >= 15 is 0 Å². The average molecular weight is 272 g/mol. The van der Waals surface area contributed by atoms with Gasteiger partial charge in [0.2, 0.25) is 0 Å². The third-order valence-corrected chi connectivity index (χ3v) is 4.90. The van der Waals surface area contributed by atoms with E-state index in [4.69, 9.17) is 12.2 Å². The van der Waals surface area contributed by atoms with Crippen molar-refractivity contribution in [3.05, 3.63) is 21.7 Å². The normalized spacial score (nSPS) is 15.2. The topological polar surface area (TPSA) is 28.7 Å². The van der Waals surface area contributed by atoms with Crippen LogP contribution in [0, 0.1) is 4.64 Å². The maximum Gasteiger partial charge on any atom is 0.134 e. The summed E-state index contributed by atoms with van der Waals surface area (Å²) in [5, 5.41) is 0. The molecule has 1 aromatic rings. The van der Waals surface area contributed by atoms with Crippen molar-refractivity contribution in [1.82, 2.24) is 9.97 Å². The van der Waals surface area contributed by atoms with Gasteiger partial charge in [-0.05, 0) is 0 Å². The highest BCUT2D eigenvalue weighted by molar-refractivity contribution is 7.99. The molecule has 0 bridgehead atoms. The van der Waals surface area contributed by atoms with Crippen LogP contribution in [-0.2, 0) is 17.3 Å². The molecule has 0 fully saturated rings. The summed E-state index contributed by atoms with van der Waals surface area (Å²) in [6, 6.07) is 0. The molecule has 2 nitrogen and oxygen atoms in total. The molecular weight excluding hydrogens is 256 g/mol. The second kappa shape index (κ2) is 4.70. The second-order valence-electron chi connectivity index (χ2n) is 4.84. The maximum atomic E-state index is 5.32. The molecule has 1 aliphatic rings. The standard InChI is InChI=1S/C11H16N2S3/c1-11(2,3)16-6-9-12-8-5-15-4-7(8)10(14)13-9/h4-6H2,1-3H3,(H,12,13,14). The summed E-state index contributed by atoms with van der Waals surface area (Å²) in [4.78, 5) is 7.89. The minimum atomic E-state index is 0.269. The van der Waals surface area contributed by atoms with Crippen LogP contribution < -0.4 is 0 Å². The zero-order valence-electron chi connectivity index (χ0n) is 9.79. The van der Waals surface area contributed by atoms with Gasteiger partial charge in [-0.15, -0.1) is 11.8 Å². The van der Waals surface area contributed by atoms with Gasteiger partial charge in [-0.1, -0.05) is 33.0 Å². The third kappa shape index (κ3) is 3.02. The van der Waals surface area contributed by atoms with Crippen LogP contribution in [0.2, 0.25) is 0 Å². The Morgan fingerprint density at radius 3 is 2.88 bits per heavy atom. The molecule has 0 saturated carbocycles. The van der Waals surface area contributed by atoms with Crippen molar-refractivity contribution in [3.63, 3.8) is 0 Å². The molecule has 0 amide bonds. The van der Waals surface area contributed by atoms with Crippen molar-refractivity contribution in [2.45, 2.75) is 42.8 Å². The molecule has 0 saturated heterocycles. The molecule has 0 radical (unpaired) electrons. The van der Waals surface area contributed by atoms with Crippen LogP contribution in [0.25, 0.3) is 0 Å². The maximum absolute atomic E-state index is 5.32. The highest BCUT2D eigenvalue weighted by atomic mass is 32.2. The molecular formula is C11H16N2S3. The minimum Gasteiger partial charge on any atom is -0.345 e. The van der Waals surface area contributed by atoms with Gasteiger partial charge in [0.15, 0.2) is 0 Å². The van der Waals surface area contributed by atoms with Crippen molar-refractivity contribution >= 4 is 35.7 Å². The third-order valence-electron chi connectivity index (χ3n) is 2.29. The highest BCUT2D eigenvalue weighted by Gasteiger charge is 2.16. The van der Waals surface area contributed by atoms with Crippen LogP contribution in [0.3, 0.4) is 0 Å². The van der Waals surface area contributed by atoms with Crippen molar-refractivity contribution in [3.8, 4) is 0 Å². The quantitative estimate of drug-likeness (QED) is 0.826. The van der Waals surface area contributed by atoms with E-state index in [0.717, 1.165) is 27.7 Å². The van der Waals surface area contributed by atoms with Crippen LogP contribution in [0.1, 0.15) is 37.9 Å². The summed E-state index contributed by atoms with van der Waals surface area (Å²) in [5.74, 6) is 4.00. The van der Waals surface area contributed by atoms with Crippen LogP contribution in [-0.4, -0.2) is 14.7 Å². The zero-order chi connectivity index (χ0) is 11.8. The van der Waals surface area contributed by atoms with Crippen LogP contribution in [0.4, 0.5) is 0 Å². The van der Waals surface area contributed by atoms with Gasteiger partial charge in [-0.3, -0.25) is 0 Å². The molecule has 0 spiro atoms. The van der Waals surface area contributed by atoms with E-state index in [0.29, 0.717) is 0 Å². The van der Waals surface area contributed by atoms with E-state index in [9.17, 15) is 0 Å². The number of thioether (sulfide) groups is 2. The van der Waals surface area contributed by atoms with Gasteiger partial charge in [0, 0.05) is 27.5 Å². The lowest BCUT2D eigenvalue weighted by Gasteiger charge is -2.17. The van der Waals surface area contributed by atoms with Crippen LogP contribution in [0.15, 0.2) is 0 Å². The predicted molar refractivity (Wildman–Crippen MR) is 75.5 cm³/mol. The lowest BCUT2D eigenvalue weighted by atomic mass is 10.3. The van der Waals surface area contributed by atoms with Gasteiger partial charge < -0.3 is 4.98 Å². The fraction of sp³-hybridized carbons (Fsp3) is 0.636. The van der Waals surface area contributed by atoms with E-state index in [-0.39, 0.29) is 4.75 Å². The average Bonchev–Trinajstić information content (AvgIpc) is 2.62. The number of nitrogens with zero attached hydrogens (tertiary/aromatic N) is 1. The molecule has 2 rings (SSSR count). The number of fused-ring (bicyclic) bond motifs is 1. The first kappa shape index (κ1) is 12.5. The van der Waals surface area contributed by atoms with Gasteiger partial charge in [-0.25, -0.2) is 4.98 Å². The van der Waals surface area contributed by atoms with Gasteiger partial charge in [0.1, 0.15) is 10.5 Å². The Hall–Kier alpha value is -0.000000000000000111. The summed E-state index contributed by atoms with van der Waals surface area (Å²) in [5.41, 5.74) is 2.53. The lowest BCUT2D eigenvalue weighted by Crippen LogP contribution is -2.09. The fourth-order valence-corrected chi connectivity index (χ4v) is 3.65. The Morgan fingerprint density at radius 2 is 2.19 bits per heavy atom. The number of hydrogen-bond acceptors (Lipinski definition) is 4. The smallest absolute Gasteiger partial charge is 0.134 e. The Morgan fingerprint density at radius 1 is 1.44 bits per heavy atom. The first-order valence-corrected chi connectivity index (χ1v) is 7.83. The van der Waals surface area contributed by atoms with E-state index in [1.165, 1.54) is 11.3 Å². The molecule has 5 heteroatoms. The Balaban J connectivity index is 2.18. The highest BCUT2D eigenvalue weighted by Crippen LogP contribution is 2.30. The lowest BCUT2D eigenvalue weighted by molar-refractivity contribution is 0.799. The first-order valence-electron chi connectivity index (χ1n) is 5.28. The fourth-order valence-electron chi connectivity index (χ4n) is 1.48.